The summed E-state index contributed by atoms with van der Waals surface area (Å²) in [5, 5.41) is 3.71. The molecule has 0 amide bonds. The number of rotatable bonds is 1. The smallest absolute Gasteiger partial charge is 0.0629 e. The highest BCUT2D eigenvalue weighted by molar-refractivity contribution is 4.93. The summed E-state index contributed by atoms with van der Waals surface area (Å²) in [7, 11) is 0. The van der Waals surface area contributed by atoms with E-state index in [1.807, 2.05) is 0 Å². The molecule has 13 heavy (non-hydrogen) atoms. The van der Waals surface area contributed by atoms with Gasteiger partial charge >= 0.3 is 0 Å². The molecule has 0 aromatic carbocycles. The summed E-state index contributed by atoms with van der Waals surface area (Å²) in [4.78, 5) is 2.76. The first-order valence-electron chi connectivity index (χ1n) is 5.94. The Morgan fingerprint density at radius 1 is 1.00 bits per heavy atom. The van der Waals surface area contributed by atoms with E-state index < -0.39 is 0 Å². The van der Waals surface area contributed by atoms with E-state index in [4.69, 9.17) is 0 Å². The SMILES string of the molecule is C1CNC2C(C1)CCN2C1CCC1. The van der Waals surface area contributed by atoms with Crippen molar-refractivity contribution >= 4 is 0 Å². The van der Waals surface area contributed by atoms with Crippen LogP contribution in [0.3, 0.4) is 0 Å². The van der Waals surface area contributed by atoms with Gasteiger partial charge in [0.15, 0.2) is 0 Å². The Bertz CT molecular complexity index is 189. The van der Waals surface area contributed by atoms with E-state index in [0.29, 0.717) is 0 Å². The van der Waals surface area contributed by atoms with E-state index >= 15 is 0 Å². The first-order chi connectivity index (χ1) is 6.45. The molecule has 0 aromatic rings. The molecule has 0 spiro atoms. The van der Waals surface area contributed by atoms with Crippen LogP contribution in [-0.4, -0.2) is 30.2 Å². The second kappa shape index (κ2) is 3.25. The fraction of sp³-hybridized carbons (Fsp3) is 1.00. The second-order valence-corrected chi connectivity index (χ2v) is 4.91. The molecule has 3 rings (SSSR count). The number of nitrogens with zero attached hydrogens (tertiary/aromatic N) is 1. The molecular weight excluding hydrogens is 160 g/mol. The van der Waals surface area contributed by atoms with Gasteiger partial charge < -0.3 is 5.32 Å². The normalized spacial score (nSPS) is 41.5. The van der Waals surface area contributed by atoms with Crippen LogP contribution in [0, 0.1) is 5.92 Å². The van der Waals surface area contributed by atoms with Gasteiger partial charge in [-0.1, -0.05) is 6.42 Å². The lowest BCUT2D eigenvalue weighted by molar-refractivity contribution is 0.0716. The Kier molecular flexibility index (Phi) is 2.06. The van der Waals surface area contributed by atoms with Crippen LogP contribution in [0.15, 0.2) is 0 Å². The zero-order valence-electron chi connectivity index (χ0n) is 8.34. The molecule has 2 heteroatoms. The highest BCUT2D eigenvalue weighted by Gasteiger charge is 2.40. The van der Waals surface area contributed by atoms with Gasteiger partial charge in [0.2, 0.25) is 0 Å². The fourth-order valence-corrected chi connectivity index (χ4v) is 3.21. The van der Waals surface area contributed by atoms with Crippen molar-refractivity contribution < 1.29 is 0 Å². The van der Waals surface area contributed by atoms with Crippen LogP contribution in [-0.2, 0) is 0 Å². The fourth-order valence-electron chi connectivity index (χ4n) is 3.21. The zero-order chi connectivity index (χ0) is 8.67. The molecule has 2 nitrogen and oxygen atoms in total. The molecule has 1 N–H and O–H groups in total. The maximum atomic E-state index is 3.71. The lowest BCUT2D eigenvalue weighted by Crippen LogP contribution is -2.53. The number of hydrogen-bond donors (Lipinski definition) is 1. The van der Waals surface area contributed by atoms with Crippen LogP contribution in [0.1, 0.15) is 38.5 Å². The van der Waals surface area contributed by atoms with Gasteiger partial charge in [-0.15, -0.1) is 0 Å². The first kappa shape index (κ1) is 8.25. The Labute approximate surface area is 80.7 Å². The molecule has 2 aliphatic heterocycles. The van der Waals surface area contributed by atoms with Crippen molar-refractivity contribution in [3.63, 3.8) is 0 Å². The predicted octanol–water partition coefficient (Wildman–Crippen LogP) is 1.57. The second-order valence-electron chi connectivity index (χ2n) is 4.91. The van der Waals surface area contributed by atoms with Crippen molar-refractivity contribution in [2.45, 2.75) is 50.7 Å². The summed E-state index contributed by atoms with van der Waals surface area (Å²) < 4.78 is 0. The Balaban J connectivity index is 1.68. The summed E-state index contributed by atoms with van der Waals surface area (Å²) in [6.45, 7) is 2.62. The summed E-state index contributed by atoms with van der Waals surface area (Å²) in [5.41, 5.74) is 0. The van der Waals surface area contributed by atoms with Gasteiger partial charge in [0.1, 0.15) is 0 Å². The Morgan fingerprint density at radius 2 is 1.92 bits per heavy atom. The highest BCUT2D eigenvalue weighted by Crippen LogP contribution is 2.36. The average Bonchev–Trinajstić information content (AvgIpc) is 2.47. The molecule has 2 atom stereocenters. The van der Waals surface area contributed by atoms with Crippen LogP contribution in [0.2, 0.25) is 0 Å². The van der Waals surface area contributed by atoms with Gasteiger partial charge in [-0.2, -0.15) is 0 Å². The topological polar surface area (TPSA) is 15.3 Å². The minimum atomic E-state index is 0.763. The summed E-state index contributed by atoms with van der Waals surface area (Å²) in [6, 6.07) is 0.945. The molecule has 0 radical (unpaired) electrons. The molecule has 0 aromatic heterocycles. The predicted molar refractivity (Wildman–Crippen MR) is 53.5 cm³/mol. The number of nitrogens with one attached hydrogen (secondary N) is 1. The van der Waals surface area contributed by atoms with Crippen molar-refractivity contribution in [1.82, 2.24) is 10.2 Å². The van der Waals surface area contributed by atoms with Crippen LogP contribution in [0.25, 0.3) is 0 Å². The van der Waals surface area contributed by atoms with Crippen LogP contribution in [0.4, 0.5) is 0 Å². The third kappa shape index (κ3) is 1.31. The van der Waals surface area contributed by atoms with Crippen molar-refractivity contribution in [1.29, 1.82) is 0 Å². The van der Waals surface area contributed by atoms with Gasteiger partial charge in [0, 0.05) is 12.6 Å². The average molecular weight is 180 g/mol. The third-order valence-electron chi connectivity index (χ3n) is 4.21. The Hall–Kier alpha value is -0.0800. The molecule has 3 fully saturated rings. The van der Waals surface area contributed by atoms with Gasteiger partial charge in [0.25, 0.3) is 0 Å². The molecule has 2 unspecified atom stereocenters. The minimum absolute atomic E-state index is 0.763. The van der Waals surface area contributed by atoms with Gasteiger partial charge in [-0.25, -0.2) is 0 Å². The molecular formula is C11H20N2. The number of piperidine rings is 1. The Morgan fingerprint density at radius 3 is 2.69 bits per heavy atom. The summed E-state index contributed by atoms with van der Waals surface area (Å²) in [6.07, 6.45) is 9.49. The van der Waals surface area contributed by atoms with E-state index in [1.54, 1.807) is 0 Å². The largest absolute Gasteiger partial charge is 0.301 e. The quantitative estimate of drug-likeness (QED) is 0.659. The summed E-state index contributed by atoms with van der Waals surface area (Å²) in [5.74, 6) is 0.981. The highest BCUT2D eigenvalue weighted by atomic mass is 15.3. The zero-order valence-corrected chi connectivity index (χ0v) is 8.34. The molecule has 1 saturated carbocycles. The van der Waals surface area contributed by atoms with Gasteiger partial charge in [-0.3, -0.25) is 4.90 Å². The number of hydrogen-bond acceptors (Lipinski definition) is 2. The van der Waals surface area contributed by atoms with Gasteiger partial charge in [0.05, 0.1) is 6.17 Å². The van der Waals surface area contributed by atoms with E-state index in [-0.39, 0.29) is 0 Å². The molecule has 0 bridgehead atoms. The van der Waals surface area contributed by atoms with Crippen LogP contribution < -0.4 is 5.32 Å². The van der Waals surface area contributed by atoms with Crippen molar-refractivity contribution in [3.8, 4) is 0 Å². The van der Waals surface area contributed by atoms with Crippen molar-refractivity contribution in [2.24, 2.45) is 5.92 Å². The lowest BCUT2D eigenvalue weighted by atomic mass is 9.90. The number of likely N-dealkylation sites (tertiary alicyclic amines) is 1. The van der Waals surface area contributed by atoms with E-state index in [1.165, 1.54) is 51.6 Å². The standard InChI is InChI=1S/C11H20N2/c1-4-10(5-1)13-8-6-9-3-2-7-12-11(9)13/h9-12H,1-8H2. The molecule has 3 aliphatic rings. The third-order valence-corrected chi connectivity index (χ3v) is 4.21. The summed E-state index contributed by atoms with van der Waals surface area (Å²) >= 11 is 0. The first-order valence-corrected chi connectivity index (χ1v) is 5.94. The van der Waals surface area contributed by atoms with Crippen LogP contribution >= 0.6 is 0 Å². The maximum absolute atomic E-state index is 3.71. The molecule has 74 valence electrons. The lowest BCUT2D eigenvalue weighted by Gasteiger charge is -2.41. The van der Waals surface area contributed by atoms with E-state index in [0.717, 1.165) is 18.1 Å². The molecule has 2 heterocycles. The molecule has 2 saturated heterocycles. The van der Waals surface area contributed by atoms with Crippen molar-refractivity contribution in [2.75, 3.05) is 13.1 Å². The van der Waals surface area contributed by atoms with Gasteiger partial charge in [-0.05, 0) is 44.6 Å². The van der Waals surface area contributed by atoms with E-state index in [2.05, 4.69) is 10.2 Å². The number of fused-ring (bicyclic) bond motifs is 1. The monoisotopic (exact) mass is 180 g/mol. The van der Waals surface area contributed by atoms with Crippen molar-refractivity contribution in [3.05, 3.63) is 0 Å². The molecule has 1 aliphatic carbocycles. The van der Waals surface area contributed by atoms with Crippen LogP contribution in [0.5, 0.6) is 0 Å². The minimum Gasteiger partial charge on any atom is -0.301 e. The van der Waals surface area contributed by atoms with E-state index in [9.17, 15) is 0 Å². The maximum Gasteiger partial charge on any atom is 0.0629 e.